The van der Waals surface area contributed by atoms with Crippen LogP contribution in [0.2, 0.25) is 0 Å². The number of amides is 1. The molecule has 2 aromatic carbocycles. The lowest BCUT2D eigenvalue weighted by atomic mass is 9.84. The molecule has 9 heteroatoms. The van der Waals surface area contributed by atoms with Gasteiger partial charge in [0.2, 0.25) is 0 Å². The van der Waals surface area contributed by atoms with Crippen molar-refractivity contribution in [2.45, 2.75) is 33.8 Å². The van der Waals surface area contributed by atoms with E-state index in [4.69, 9.17) is 9.47 Å². The Kier molecular flexibility index (Phi) is 6.57. The monoisotopic (exact) mass is 488 g/mol. The van der Waals surface area contributed by atoms with E-state index in [1.165, 1.54) is 18.2 Å². The standard InChI is InChI=1S/C27H24N2O7/c1-13(2)36-26(33)22-14(3)23(28-15(22)4)27(34)35-12-21(30)29-16-9-10-19-20(11-16)25(32)18-8-6-5-7-17(18)24(19)31/h5-11,13,28H,12H2,1-4H3,(H,29,30). The highest BCUT2D eigenvalue weighted by Gasteiger charge is 2.30. The molecule has 1 aromatic heterocycles. The van der Waals surface area contributed by atoms with Gasteiger partial charge < -0.3 is 19.8 Å². The topological polar surface area (TPSA) is 132 Å². The maximum atomic E-state index is 12.9. The van der Waals surface area contributed by atoms with Crippen LogP contribution >= 0.6 is 0 Å². The average Bonchev–Trinajstić information content (AvgIpc) is 3.14. The second-order valence-electron chi connectivity index (χ2n) is 8.67. The van der Waals surface area contributed by atoms with Crippen molar-refractivity contribution in [3.05, 3.63) is 87.2 Å². The summed E-state index contributed by atoms with van der Waals surface area (Å²) in [5.74, 6) is -2.58. The molecular formula is C27H24N2O7. The molecule has 2 N–H and O–H groups in total. The number of aromatic nitrogens is 1. The number of ketones is 2. The molecule has 0 unspecified atom stereocenters. The molecule has 1 aliphatic carbocycles. The zero-order valence-corrected chi connectivity index (χ0v) is 20.2. The molecule has 0 saturated carbocycles. The van der Waals surface area contributed by atoms with Crippen LogP contribution in [0.4, 0.5) is 5.69 Å². The molecule has 0 bridgehead atoms. The first-order valence-electron chi connectivity index (χ1n) is 11.3. The first-order chi connectivity index (χ1) is 17.1. The molecule has 0 fully saturated rings. The van der Waals surface area contributed by atoms with Gasteiger partial charge in [-0.2, -0.15) is 0 Å². The van der Waals surface area contributed by atoms with Crippen molar-refractivity contribution >= 4 is 35.1 Å². The normalized spacial score (nSPS) is 12.1. The number of anilines is 1. The number of carbonyl (C=O) groups is 5. The molecule has 0 saturated heterocycles. The molecule has 9 nitrogen and oxygen atoms in total. The van der Waals surface area contributed by atoms with Crippen LogP contribution in [0.15, 0.2) is 42.5 Å². The van der Waals surface area contributed by atoms with Gasteiger partial charge in [0.15, 0.2) is 18.2 Å². The van der Waals surface area contributed by atoms with Crippen molar-refractivity contribution in [1.82, 2.24) is 4.98 Å². The number of aromatic amines is 1. The Hall–Kier alpha value is -4.53. The minimum Gasteiger partial charge on any atom is -0.459 e. The number of esters is 2. The third-order valence-corrected chi connectivity index (χ3v) is 5.73. The highest BCUT2D eigenvalue weighted by molar-refractivity contribution is 6.28. The van der Waals surface area contributed by atoms with E-state index in [0.717, 1.165) is 0 Å². The SMILES string of the molecule is Cc1[nH]c(C(=O)OCC(=O)Nc2ccc3c(c2)C(=O)c2ccccc2C3=O)c(C)c1C(=O)OC(C)C. The van der Waals surface area contributed by atoms with E-state index in [0.29, 0.717) is 22.4 Å². The van der Waals surface area contributed by atoms with Crippen molar-refractivity contribution in [2.75, 3.05) is 11.9 Å². The van der Waals surface area contributed by atoms with Gasteiger partial charge >= 0.3 is 11.9 Å². The smallest absolute Gasteiger partial charge is 0.355 e. The largest absolute Gasteiger partial charge is 0.459 e. The summed E-state index contributed by atoms with van der Waals surface area (Å²) >= 11 is 0. The number of rotatable bonds is 6. The molecule has 4 rings (SSSR count). The van der Waals surface area contributed by atoms with E-state index in [-0.39, 0.29) is 45.7 Å². The number of ether oxygens (including phenoxy) is 2. The van der Waals surface area contributed by atoms with Crippen LogP contribution in [0.3, 0.4) is 0 Å². The van der Waals surface area contributed by atoms with Crippen LogP contribution in [0.1, 0.15) is 77.8 Å². The van der Waals surface area contributed by atoms with Crippen LogP contribution in [-0.2, 0) is 14.3 Å². The third kappa shape index (κ3) is 4.55. The number of fused-ring (bicyclic) bond motifs is 2. The van der Waals surface area contributed by atoms with Crippen LogP contribution in [0, 0.1) is 13.8 Å². The fraction of sp³-hybridized carbons (Fsp3) is 0.222. The van der Waals surface area contributed by atoms with Gasteiger partial charge in [0.25, 0.3) is 5.91 Å². The van der Waals surface area contributed by atoms with Gasteiger partial charge in [0.1, 0.15) is 5.69 Å². The Labute approximate surface area is 206 Å². The van der Waals surface area contributed by atoms with Gasteiger partial charge in [-0.3, -0.25) is 14.4 Å². The fourth-order valence-electron chi connectivity index (χ4n) is 4.11. The number of hydrogen-bond acceptors (Lipinski definition) is 7. The number of benzene rings is 2. The Bertz CT molecular complexity index is 1430. The van der Waals surface area contributed by atoms with Crippen LogP contribution < -0.4 is 5.32 Å². The summed E-state index contributed by atoms with van der Waals surface area (Å²) in [5.41, 5.74) is 2.48. The molecule has 1 amide bonds. The number of carbonyl (C=O) groups excluding carboxylic acids is 5. The quantitative estimate of drug-likeness (QED) is 0.395. The Morgan fingerprint density at radius 1 is 0.889 bits per heavy atom. The van der Waals surface area contributed by atoms with Crippen molar-refractivity contribution in [3.63, 3.8) is 0 Å². The summed E-state index contributed by atoms with van der Waals surface area (Å²) in [6, 6.07) is 11.0. The van der Waals surface area contributed by atoms with E-state index in [9.17, 15) is 24.0 Å². The van der Waals surface area contributed by atoms with Gasteiger partial charge in [-0.1, -0.05) is 24.3 Å². The summed E-state index contributed by atoms with van der Waals surface area (Å²) in [4.78, 5) is 65.7. The van der Waals surface area contributed by atoms with Crippen molar-refractivity contribution in [3.8, 4) is 0 Å². The fourth-order valence-corrected chi connectivity index (χ4v) is 4.11. The van der Waals surface area contributed by atoms with Crippen LogP contribution in [0.5, 0.6) is 0 Å². The highest BCUT2D eigenvalue weighted by atomic mass is 16.5. The molecule has 0 aliphatic heterocycles. The zero-order chi connectivity index (χ0) is 26.1. The average molecular weight is 488 g/mol. The molecule has 36 heavy (non-hydrogen) atoms. The summed E-state index contributed by atoms with van der Waals surface area (Å²) in [6.07, 6.45) is -0.322. The lowest BCUT2D eigenvalue weighted by Gasteiger charge is -2.18. The van der Waals surface area contributed by atoms with E-state index < -0.39 is 24.5 Å². The minimum atomic E-state index is -0.808. The van der Waals surface area contributed by atoms with E-state index in [1.807, 2.05) is 0 Å². The Balaban J connectivity index is 1.43. The minimum absolute atomic E-state index is 0.0487. The third-order valence-electron chi connectivity index (χ3n) is 5.73. The number of H-pyrrole nitrogens is 1. The van der Waals surface area contributed by atoms with Crippen molar-refractivity contribution in [2.24, 2.45) is 0 Å². The van der Waals surface area contributed by atoms with Gasteiger partial charge in [-0.25, -0.2) is 9.59 Å². The van der Waals surface area contributed by atoms with Crippen LogP contribution in [0.25, 0.3) is 0 Å². The second-order valence-corrected chi connectivity index (χ2v) is 8.67. The van der Waals surface area contributed by atoms with Gasteiger partial charge in [-0.15, -0.1) is 0 Å². The van der Waals surface area contributed by atoms with Gasteiger partial charge in [-0.05, 0) is 51.5 Å². The molecular weight excluding hydrogens is 464 g/mol. The number of hydrogen-bond donors (Lipinski definition) is 2. The maximum Gasteiger partial charge on any atom is 0.355 e. The molecule has 0 atom stereocenters. The van der Waals surface area contributed by atoms with Gasteiger partial charge in [0.05, 0.1) is 11.7 Å². The summed E-state index contributed by atoms with van der Waals surface area (Å²) in [7, 11) is 0. The summed E-state index contributed by atoms with van der Waals surface area (Å²) < 4.78 is 10.3. The van der Waals surface area contributed by atoms with Gasteiger partial charge in [0, 0.05) is 33.6 Å². The second kappa shape index (κ2) is 9.61. The molecule has 1 heterocycles. The van der Waals surface area contributed by atoms with Crippen molar-refractivity contribution in [1.29, 1.82) is 0 Å². The predicted molar refractivity (Wildman–Crippen MR) is 129 cm³/mol. The van der Waals surface area contributed by atoms with E-state index >= 15 is 0 Å². The molecule has 1 aliphatic rings. The summed E-state index contributed by atoms with van der Waals surface area (Å²) in [6.45, 7) is 6.06. The first-order valence-corrected chi connectivity index (χ1v) is 11.3. The predicted octanol–water partition coefficient (Wildman–Crippen LogP) is 3.77. The molecule has 0 radical (unpaired) electrons. The van der Waals surface area contributed by atoms with Crippen molar-refractivity contribution < 1.29 is 33.4 Å². The molecule has 3 aromatic rings. The number of nitrogens with one attached hydrogen (secondary N) is 2. The lowest BCUT2D eigenvalue weighted by molar-refractivity contribution is -0.119. The first kappa shape index (κ1) is 24.6. The Morgan fingerprint density at radius 2 is 1.50 bits per heavy atom. The van der Waals surface area contributed by atoms with E-state index in [1.54, 1.807) is 52.0 Å². The molecule has 184 valence electrons. The highest BCUT2D eigenvalue weighted by Crippen LogP contribution is 2.29. The number of aryl methyl sites for hydroxylation is 1. The van der Waals surface area contributed by atoms with Crippen LogP contribution in [-0.4, -0.2) is 47.1 Å². The van der Waals surface area contributed by atoms with E-state index in [2.05, 4.69) is 10.3 Å². The summed E-state index contributed by atoms with van der Waals surface area (Å²) in [5, 5.41) is 2.57. The zero-order valence-electron chi connectivity index (χ0n) is 20.2. The maximum absolute atomic E-state index is 12.9. The molecule has 0 spiro atoms. The lowest BCUT2D eigenvalue weighted by Crippen LogP contribution is -2.23. The Morgan fingerprint density at radius 3 is 2.14 bits per heavy atom.